The molecule has 0 amide bonds. The molecule has 0 aromatic carbocycles. The number of ether oxygens (including phenoxy) is 3. The van der Waals surface area contributed by atoms with Crippen molar-refractivity contribution in [3.8, 4) is 0 Å². The average Bonchev–Trinajstić information content (AvgIpc) is 3.49. The van der Waals surface area contributed by atoms with Gasteiger partial charge in [-0.25, -0.2) is 0 Å². The van der Waals surface area contributed by atoms with Crippen molar-refractivity contribution in [2.24, 2.45) is 0 Å². The van der Waals surface area contributed by atoms with Crippen LogP contribution in [0.1, 0.15) is 355 Å². The van der Waals surface area contributed by atoms with E-state index in [1.807, 2.05) is 0 Å². The first-order chi connectivity index (χ1) is 41.0. The van der Waals surface area contributed by atoms with Crippen molar-refractivity contribution < 1.29 is 28.6 Å². The lowest BCUT2D eigenvalue weighted by molar-refractivity contribution is -0.167. The Hall–Kier alpha value is -3.67. The molecule has 1 atom stereocenters. The van der Waals surface area contributed by atoms with E-state index < -0.39 is 6.10 Å². The highest BCUT2D eigenvalue weighted by Gasteiger charge is 2.19. The zero-order valence-corrected chi connectivity index (χ0v) is 54.9. The molecule has 0 fully saturated rings. The minimum Gasteiger partial charge on any atom is -0.462 e. The van der Waals surface area contributed by atoms with Crippen molar-refractivity contribution in [3.63, 3.8) is 0 Å². The molecule has 0 saturated heterocycles. The second-order valence-electron chi connectivity index (χ2n) is 23.8. The standard InChI is InChI=1S/C77H134O6/c1-4-7-10-13-16-19-22-25-27-29-31-33-35-37-38-40-41-43-45-47-49-52-55-58-61-64-67-70-76(79)82-73-74(72-81-75(78)69-66-63-60-57-54-51-24-21-18-15-12-9-6-3)83-77(80)71-68-65-62-59-56-53-50-48-46-44-42-39-36-34-32-30-28-26-23-20-17-14-11-8-5-2/h7,10,16,19,21,24-25,27,31,33,37-38,41,43,47,49,74H,4-6,8-9,11-15,17-18,20,22-23,26,28-30,32,34-36,39-40,42,44-46,48,50-73H2,1-3H3/b10-7-,19-16-,24-21-,27-25-,33-31-,38-37-,43-41-,49-47-. The van der Waals surface area contributed by atoms with Gasteiger partial charge < -0.3 is 14.2 Å². The molecule has 0 aliphatic carbocycles. The van der Waals surface area contributed by atoms with Gasteiger partial charge in [0.2, 0.25) is 0 Å². The largest absolute Gasteiger partial charge is 0.462 e. The van der Waals surface area contributed by atoms with Gasteiger partial charge in [0.15, 0.2) is 6.10 Å². The summed E-state index contributed by atoms with van der Waals surface area (Å²) < 4.78 is 17.0. The second kappa shape index (κ2) is 70.8. The van der Waals surface area contributed by atoms with Crippen molar-refractivity contribution in [2.75, 3.05) is 13.2 Å². The maximum Gasteiger partial charge on any atom is 0.306 e. The maximum absolute atomic E-state index is 13.0. The van der Waals surface area contributed by atoms with Crippen LogP contribution in [0, 0.1) is 0 Å². The van der Waals surface area contributed by atoms with Crippen LogP contribution in [-0.2, 0) is 28.6 Å². The lowest BCUT2D eigenvalue weighted by atomic mass is 10.0. The number of carbonyl (C=O) groups excluding carboxylic acids is 3. The summed E-state index contributed by atoms with van der Waals surface area (Å²) in [4.78, 5) is 38.4. The predicted molar refractivity (Wildman–Crippen MR) is 362 cm³/mol. The van der Waals surface area contributed by atoms with Crippen LogP contribution in [0.4, 0.5) is 0 Å². The Morgan fingerprint density at radius 2 is 0.470 bits per heavy atom. The molecular formula is C77H134O6. The average molecular weight is 1160 g/mol. The van der Waals surface area contributed by atoms with Crippen molar-refractivity contribution in [2.45, 2.75) is 361 Å². The Kier molecular flexibility index (Phi) is 67.7. The molecule has 1 unspecified atom stereocenters. The van der Waals surface area contributed by atoms with Gasteiger partial charge in [0.25, 0.3) is 0 Å². The Morgan fingerprint density at radius 3 is 0.759 bits per heavy atom. The smallest absolute Gasteiger partial charge is 0.306 e. The van der Waals surface area contributed by atoms with E-state index in [4.69, 9.17) is 14.2 Å². The first-order valence-corrected chi connectivity index (χ1v) is 35.7. The van der Waals surface area contributed by atoms with Crippen LogP contribution in [0.5, 0.6) is 0 Å². The molecule has 0 aromatic rings. The summed E-state index contributed by atoms with van der Waals surface area (Å²) in [5.41, 5.74) is 0. The van der Waals surface area contributed by atoms with Gasteiger partial charge in [-0.15, -0.1) is 0 Å². The highest BCUT2D eigenvalue weighted by molar-refractivity contribution is 5.71. The highest BCUT2D eigenvalue weighted by Crippen LogP contribution is 2.18. The van der Waals surface area contributed by atoms with E-state index in [0.717, 1.165) is 128 Å². The number of esters is 3. The molecule has 0 saturated carbocycles. The number of rotatable bonds is 65. The molecule has 0 rings (SSSR count). The zero-order chi connectivity index (χ0) is 59.9. The Morgan fingerprint density at radius 1 is 0.253 bits per heavy atom. The van der Waals surface area contributed by atoms with Crippen molar-refractivity contribution in [1.82, 2.24) is 0 Å². The molecule has 0 spiro atoms. The third-order valence-electron chi connectivity index (χ3n) is 15.6. The summed E-state index contributed by atoms with van der Waals surface area (Å²) in [6.45, 7) is 6.54. The molecule has 0 radical (unpaired) electrons. The molecule has 0 heterocycles. The third kappa shape index (κ3) is 69.0. The third-order valence-corrected chi connectivity index (χ3v) is 15.6. The first kappa shape index (κ1) is 79.3. The summed E-state index contributed by atoms with van der Waals surface area (Å²) in [6.07, 6.45) is 95.8. The number of hydrogen-bond acceptors (Lipinski definition) is 6. The Bertz CT molecular complexity index is 1610. The van der Waals surface area contributed by atoms with E-state index in [0.29, 0.717) is 19.3 Å². The van der Waals surface area contributed by atoms with Crippen LogP contribution >= 0.6 is 0 Å². The number of allylic oxidation sites excluding steroid dienone is 16. The fourth-order valence-corrected chi connectivity index (χ4v) is 10.2. The second-order valence-corrected chi connectivity index (χ2v) is 23.8. The van der Waals surface area contributed by atoms with Crippen LogP contribution in [0.2, 0.25) is 0 Å². The van der Waals surface area contributed by atoms with Crippen LogP contribution < -0.4 is 0 Å². The Balaban J connectivity index is 4.32. The summed E-state index contributed by atoms with van der Waals surface area (Å²) in [6, 6.07) is 0. The quantitative estimate of drug-likeness (QED) is 0.0261. The van der Waals surface area contributed by atoms with E-state index in [-0.39, 0.29) is 31.1 Å². The fraction of sp³-hybridized carbons (Fsp3) is 0.753. The first-order valence-electron chi connectivity index (χ1n) is 35.7. The van der Waals surface area contributed by atoms with Gasteiger partial charge in [-0.1, -0.05) is 330 Å². The number of carbonyl (C=O) groups is 3. The molecule has 0 aromatic heterocycles. The Labute approximate surface area is 515 Å². The molecule has 0 N–H and O–H groups in total. The predicted octanol–water partition coefficient (Wildman–Crippen LogP) is 24.8. The van der Waals surface area contributed by atoms with Crippen LogP contribution in [0.25, 0.3) is 0 Å². The number of hydrogen-bond donors (Lipinski definition) is 0. The molecule has 6 nitrogen and oxygen atoms in total. The summed E-state index contributed by atoms with van der Waals surface area (Å²) in [7, 11) is 0. The summed E-state index contributed by atoms with van der Waals surface area (Å²) in [5.74, 6) is -0.896. The highest BCUT2D eigenvalue weighted by atomic mass is 16.6. The van der Waals surface area contributed by atoms with Gasteiger partial charge >= 0.3 is 17.9 Å². The van der Waals surface area contributed by atoms with Gasteiger partial charge in [-0.05, 0) is 103 Å². The minimum absolute atomic E-state index is 0.0854. The van der Waals surface area contributed by atoms with Gasteiger partial charge in [-0.3, -0.25) is 14.4 Å². The van der Waals surface area contributed by atoms with E-state index in [9.17, 15) is 14.4 Å². The lowest BCUT2D eigenvalue weighted by Crippen LogP contribution is -2.30. The van der Waals surface area contributed by atoms with Crippen LogP contribution in [0.3, 0.4) is 0 Å². The van der Waals surface area contributed by atoms with E-state index in [1.54, 1.807) is 0 Å². The van der Waals surface area contributed by atoms with Crippen LogP contribution in [0.15, 0.2) is 97.2 Å². The molecule has 478 valence electrons. The van der Waals surface area contributed by atoms with Crippen molar-refractivity contribution >= 4 is 17.9 Å². The molecule has 83 heavy (non-hydrogen) atoms. The van der Waals surface area contributed by atoms with Crippen LogP contribution in [-0.4, -0.2) is 37.2 Å². The van der Waals surface area contributed by atoms with E-state index >= 15 is 0 Å². The topological polar surface area (TPSA) is 78.9 Å². The summed E-state index contributed by atoms with van der Waals surface area (Å²) >= 11 is 0. The maximum atomic E-state index is 13.0. The van der Waals surface area contributed by atoms with E-state index in [2.05, 4.69) is 118 Å². The monoisotopic (exact) mass is 1160 g/mol. The zero-order valence-electron chi connectivity index (χ0n) is 54.9. The van der Waals surface area contributed by atoms with Gasteiger partial charge in [0, 0.05) is 19.3 Å². The summed E-state index contributed by atoms with van der Waals surface area (Å²) in [5, 5.41) is 0. The molecule has 0 aliphatic rings. The lowest BCUT2D eigenvalue weighted by Gasteiger charge is -2.18. The fourth-order valence-electron chi connectivity index (χ4n) is 10.2. The van der Waals surface area contributed by atoms with E-state index in [1.165, 1.54) is 186 Å². The number of unbranched alkanes of at least 4 members (excludes halogenated alkanes) is 38. The molecule has 0 bridgehead atoms. The van der Waals surface area contributed by atoms with Gasteiger partial charge in [0.1, 0.15) is 13.2 Å². The van der Waals surface area contributed by atoms with Crippen molar-refractivity contribution in [3.05, 3.63) is 97.2 Å². The normalized spacial score (nSPS) is 12.7. The molecule has 0 aliphatic heterocycles. The van der Waals surface area contributed by atoms with Gasteiger partial charge in [-0.2, -0.15) is 0 Å². The minimum atomic E-state index is -0.790. The SMILES string of the molecule is CC/C=C\C/C=C\C/C=C\C/C=C\C/C=C\C/C=C\C/C=C\CCCCCCCC(=O)OCC(COC(=O)CCCCCCC/C=C\CCCCCC)OC(=O)CCCCCCCCCCCCCCCCCCCCCCCCCCC. The molecular weight excluding hydrogens is 1020 g/mol. The van der Waals surface area contributed by atoms with Crippen molar-refractivity contribution in [1.29, 1.82) is 0 Å². The molecule has 6 heteroatoms. The van der Waals surface area contributed by atoms with Gasteiger partial charge in [0.05, 0.1) is 0 Å².